The van der Waals surface area contributed by atoms with Gasteiger partial charge in [-0.15, -0.1) is 12.4 Å². The van der Waals surface area contributed by atoms with Crippen LogP contribution in [-0.4, -0.2) is 23.3 Å². The largest absolute Gasteiger partial charge is 0.381 e. The minimum Gasteiger partial charge on any atom is -0.381 e. The molecule has 3 heteroatoms. The molecule has 21 heavy (non-hydrogen) atoms. The van der Waals surface area contributed by atoms with E-state index in [4.69, 9.17) is 0 Å². The molecule has 3 rings (SSSR count). The summed E-state index contributed by atoms with van der Waals surface area (Å²) in [5.41, 5.74) is 2.37. The Morgan fingerprint density at radius 1 is 0.857 bits per heavy atom. The third kappa shape index (κ3) is 2.84. The lowest BCUT2D eigenvalue weighted by Gasteiger charge is -2.47. The van der Waals surface area contributed by atoms with Gasteiger partial charge in [0.15, 0.2) is 0 Å². The zero-order valence-corrected chi connectivity index (χ0v) is 12.9. The van der Waals surface area contributed by atoms with Crippen molar-refractivity contribution >= 4 is 12.4 Å². The van der Waals surface area contributed by atoms with E-state index in [0.717, 1.165) is 19.4 Å². The van der Waals surface area contributed by atoms with Crippen LogP contribution in [-0.2, 0) is 5.54 Å². The maximum absolute atomic E-state index is 9.88. The lowest BCUT2D eigenvalue weighted by Crippen LogP contribution is -2.50. The molecule has 0 aliphatic carbocycles. The van der Waals surface area contributed by atoms with Crippen molar-refractivity contribution < 1.29 is 5.11 Å². The van der Waals surface area contributed by atoms with Gasteiger partial charge in [0.2, 0.25) is 0 Å². The van der Waals surface area contributed by atoms with Crippen molar-refractivity contribution in [1.82, 2.24) is 4.90 Å². The Labute approximate surface area is 132 Å². The highest BCUT2D eigenvalue weighted by Gasteiger charge is 2.41. The first-order valence-corrected chi connectivity index (χ1v) is 7.35. The lowest BCUT2D eigenvalue weighted by molar-refractivity contribution is -0.00239. The van der Waals surface area contributed by atoms with Gasteiger partial charge in [0.1, 0.15) is 0 Å². The molecule has 0 atom stereocenters. The highest BCUT2D eigenvalue weighted by molar-refractivity contribution is 5.85. The number of hydrogen-bond acceptors (Lipinski definition) is 2. The molecular formula is C18H22ClNO. The number of aliphatic hydroxyl groups is 1. The summed E-state index contributed by atoms with van der Waals surface area (Å²) in [5.74, 6) is 0. The minimum atomic E-state index is -0.185. The predicted molar refractivity (Wildman–Crippen MR) is 88.6 cm³/mol. The van der Waals surface area contributed by atoms with Gasteiger partial charge in [-0.3, -0.25) is 4.90 Å². The van der Waals surface area contributed by atoms with Crippen molar-refractivity contribution in [3.63, 3.8) is 0 Å². The lowest BCUT2D eigenvalue weighted by atomic mass is 9.75. The van der Waals surface area contributed by atoms with Gasteiger partial charge >= 0.3 is 0 Å². The van der Waals surface area contributed by atoms with E-state index in [2.05, 4.69) is 53.4 Å². The molecule has 0 saturated carbocycles. The van der Waals surface area contributed by atoms with Crippen molar-refractivity contribution in [3.8, 4) is 0 Å². The Kier molecular flexibility index (Phi) is 5.40. The normalized spacial score (nSPS) is 18.0. The van der Waals surface area contributed by atoms with E-state index in [1.807, 2.05) is 12.1 Å². The molecule has 1 fully saturated rings. The Bertz CT molecular complexity index is 504. The van der Waals surface area contributed by atoms with Gasteiger partial charge < -0.3 is 5.11 Å². The van der Waals surface area contributed by atoms with Crippen LogP contribution < -0.4 is 0 Å². The first kappa shape index (κ1) is 16.0. The zero-order valence-electron chi connectivity index (χ0n) is 12.1. The summed E-state index contributed by atoms with van der Waals surface area (Å²) in [6.45, 7) is 1.05. The molecule has 0 unspecified atom stereocenters. The number of benzene rings is 2. The number of hydrogen-bond donors (Lipinski definition) is 1. The molecule has 0 spiro atoms. The second kappa shape index (κ2) is 7.08. The molecular weight excluding hydrogens is 282 g/mol. The van der Waals surface area contributed by atoms with E-state index < -0.39 is 0 Å². The fourth-order valence-electron chi connectivity index (χ4n) is 3.47. The maximum Gasteiger partial charge on any atom is 0.0966 e. The zero-order chi connectivity index (χ0) is 13.8. The van der Waals surface area contributed by atoms with Gasteiger partial charge in [-0.25, -0.2) is 0 Å². The monoisotopic (exact) mass is 303 g/mol. The summed E-state index contributed by atoms with van der Waals surface area (Å²) in [4.78, 5) is 2.21. The summed E-state index contributed by atoms with van der Waals surface area (Å²) in [7, 11) is 0. The number of aliphatic hydroxyl groups excluding tert-OH is 1. The van der Waals surface area contributed by atoms with Crippen LogP contribution in [0.2, 0.25) is 0 Å². The standard InChI is InChI=1S/C18H21NO.ClH/c20-15-19-14-8-7-13-18(19,16-9-3-1-4-10-16)17-11-5-2-6-12-17;/h1-6,9-12,20H,7-8,13-15H2;1H. The molecule has 1 heterocycles. The SMILES string of the molecule is Cl.OCN1CCCCC1(c1ccccc1)c1ccccc1. The third-order valence-electron chi connectivity index (χ3n) is 4.43. The Morgan fingerprint density at radius 3 is 1.86 bits per heavy atom. The second-order valence-corrected chi connectivity index (χ2v) is 5.45. The molecule has 2 aromatic carbocycles. The smallest absolute Gasteiger partial charge is 0.0966 e. The van der Waals surface area contributed by atoms with Crippen molar-refractivity contribution in [2.45, 2.75) is 24.8 Å². The van der Waals surface area contributed by atoms with Gasteiger partial charge in [-0.1, -0.05) is 60.7 Å². The summed E-state index contributed by atoms with van der Waals surface area (Å²) in [6.07, 6.45) is 3.41. The molecule has 0 aromatic heterocycles. The molecule has 1 aliphatic rings. The van der Waals surface area contributed by atoms with Gasteiger partial charge in [-0.05, 0) is 30.4 Å². The fourth-order valence-corrected chi connectivity index (χ4v) is 3.47. The Balaban J connectivity index is 0.00000161. The van der Waals surface area contributed by atoms with Crippen LogP contribution >= 0.6 is 12.4 Å². The second-order valence-electron chi connectivity index (χ2n) is 5.45. The van der Waals surface area contributed by atoms with Gasteiger partial charge in [0.25, 0.3) is 0 Å². The van der Waals surface area contributed by atoms with E-state index in [1.54, 1.807) is 0 Å². The molecule has 0 radical (unpaired) electrons. The van der Waals surface area contributed by atoms with Crippen LogP contribution in [0.3, 0.4) is 0 Å². The molecule has 112 valence electrons. The van der Waals surface area contributed by atoms with Crippen LogP contribution in [0.15, 0.2) is 60.7 Å². The van der Waals surface area contributed by atoms with E-state index in [0.29, 0.717) is 0 Å². The van der Waals surface area contributed by atoms with Crippen LogP contribution in [0.1, 0.15) is 30.4 Å². The molecule has 0 amide bonds. The Morgan fingerprint density at radius 2 is 1.38 bits per heavy atom. The van der Waals surface area contributed by atoms with Crippen molar-refractivity contribution in [3.05, 3.63) is 71.8 Å². The molecule has 1 saturated heterocycles. The highest BCUT2D eigenvalue weighted by atomic mass is 35.5. The number of rotatable bonds is 3. The average molecular weight is 304 g/mol. The number of halogens is 1. The molecule has 0 bridgehead atoms. The van der Waals surface area contributed by atoms with E-state index >= 15 is 0 Å². The molecule has 1 N–H and O–H groups in total. The first-order valence-electron chi connectivity index (χ1n) is 7.35. The van der Waals surface area contributed by atoms with Gasteiger partial charge in [0, 0.05) is 6.54 Å². The summed E-state index contributed by atoms with van der Waals surface area (Å²) < 4.78 is 0. The minimum absolute atomic E-state index is 0. The number of nitrogens with zero attached hydrogens (tertiary/aromatic N) is 1. The van der Waals surface area contributed by atoms with E-state index in [1.165, 1.54) is 17.5 Å². The quantitative estimate of drug-likeness (QED) is 0.932. The average Bonchev–Trinajstić information content (AvgIpc) is 2.56. The summed E-state index contributed by atoms with van der Waals surface area (Å²) >= 11 is 0. The summed E-state index contributed by atoms with van der Waals surface area (Å²) in [6, 6.07) is 21.2. The van der Waals surface area contributed by atoms with E-state index in [9.17, 15) is 5.11 Å². The van der Waals surface area contributed by atoms with Gasteiger partial charge in [0.05, 0.1) is 12.3 Å². The maximum atomic E-state index is 9.88. The summed E-state index contributed by atoms with van der Waals surface area (Å²) in [5, 5.41) is 9.88. The third-order valence-corrected chi connectivity index (χ3v) is 4.43. The van der Waals surface area contributed by atoms with Crippen LogP contribution in [0.25, 0.3) is 0 Å². The highest BCUT2D eigenvalue weighted by Crippen LogP contribution is 2.42. The van der Waals surface area contributed by atoms with Crippen molar-refractivity contribution in [1.29, 1.82) is 0 Å². The van der Waals surface area contributed by atoms with Crippen LogP contribution in [0.5, 0.6) is 0 Å². The van der Waals surface area contributed by atoms with Crippen LogP contribution in [0, 0.1) is 0 Å². The Hall–Kier alpha value is -1.35. The molecule has 2 nitrogen and oxygen atoms in total. The predicted octanol–water partition coefficient (Wildman–Crippen LogP) is 3.79. The van der Waals surface area contributed by atoms with Gasteiger partial charge in [-0.2, -0.15) is 0 Å². The fraction of sp³-hybridized carbons (Fsp3) is 0.333. The number of likely N-dealkylation sites (tertiary alicyclic amines) is 1. The topological polar surface area (TPSA) is 23.5 Å². The molecule has 2 aromatic rings. The van der Waals surface area contributed by atoms with Crippen LogP contribution in [0.4, 0.5) is 0 Å². The van der Waals surface area contributed by atoms with Crippen molar-refractivity contribution in [2.24, 2.45) is 0 Å². The van der Waals surface area contributed by atoms with E-state index in [-0.39, 0.29) is 24.7 Å². The van der Waals surface area contributed by atoms with Crippen molar-refractivity contribution in [2.75, 3.05) is 13.3 Å². The first-order chi connectivity index (χ1) is 9.88. The molecule has 1 aliphatic heterocycles. The number of piperidine rings is 1.